The monoisotopic (exact) mass is 263 g/mol. The van der Waals surface area contributed by atoms with Crippen LogP contribution in [0.3, 0.4) is 0 Å². The summed E-state index contributed by atoms with van der Waals surface area (Å²) in [6, 6.07) is 3.34. The van der Waals surface area contributed by atoms with Crippen LogP contribution in [0.25, 0.3) is 0 Å². The number of nitrogens with one attached hydrogen (secondary N) is 2. The second kappa shape index (κ2) is 5.48. The van der Waals surface area contributed by atoms with E-state index in [1.54, 1.807) is 6.07 Å². The van der Waals surface area contributed by atoms with E-state index in [-0.39, 0.29) is 6.04 Å². The van der Waals surface area contributed by atoms with Crippen LogP contribution in [0.2, 0.25) is 0 Å². The number of urea groups is 1. The Kier molecular flexibility index (Phi) is 3.95. The van der Waals surface area contributed by atoms with Crippen LogP contribution in [-0.2, 0) is 0 Å². The highest BCUT2D eigenvalue weighted by Crippen LogP contribution is 2.45. The normalized spacial score (nSPS) is 21.2. The first-order chi connectivity index (χ1) is 9.00. The van der Waals surface area contributed by atoms with E-state index in [0.29, 0.717) is 24.8 Å². The Labute approximate surface area is 113 Å². The van der Waals surface area contributed by atoms with E-state index in [1.807, 2.05) is 6.07 Å². The average molecular weight is 263 g/mol. The summed E-state index contributed by atoms with van der Waals surface area (Å²) in [5.41, 5.74) is 8.49. The average Bonchev–Trinajstić information content (AvgIpc) is 2.68. The van der Waals surface area contributed by atoms with Crippen molar-refractivity contribution in [3.63, 3.8) is 0 Å². The van der Waals surface area contributed by atoms with Crippen molar-refractivity contribution >= 4 is 6.03 Å². The number of benzene rings is 1. The number of fused-ring (bicyclic) bond motifs is 1. The lowest BCUT2D eigenvalue weighted by molar-refractivity contribution is 0.248. The van der Waals surface area contributed by atoms with Gasteiger partial charge in [0.2, 0.25) is 0 Å². The molecule has 0 radical (unpaired) electrons. The first-order valence-electron chi connectivity index (χ1n) is 6.59. The maximum absolute atomic E-state index is 10.6. The highest BCUT2D eigenvalue weighted by molar-refractivity contribution is 5.71. The summed E-state index contributed by atoms with van der Waals surface area (Å²) in [5, 5.41) is 16.0. The van der Waals surface area contributed by atoms with Gasteiger partial charge in [-0.05, 0) is 36.5 Å². The molecule has 1 aromatic rings. The molecule has 2 rings (SSSR count). The lowest BCUT2D eigenvalue weighted by Gasteiger charge is -2.15. The van der Waals surface area contributed by atoms with Crippen LogP contribution in [0.15, 0.2) is 12.1 Å². The molecular weight excluding hydrogens is 242 g/mol. The Morgan fingerprint density at radius 2 is 2.16 bits per heavy atom. The standard InChI is InChI=1S/C14H21N3O2/c1-8-3-4-11(18)13-10(7-9(2)12(8)13)16-5-6-17-14(15)19/h3-4,9-10,16,18H,5-7H2,1-2H3,(H3,15,17,19). The number of carbonyl (C=O) groups excluding carboxylic acids is 1. The zero-order chi connectivity index (χ0) is 14.0. The van der Waals surface area contributed by atoms with Crippen LogP contribution in [0.1, 0.15) is 42.0 Å². The predicted octanol–water partition coefficient (Wildman–Crippen LogP) is 1.51. The minimum atomic E-state index is -0.513. The molecule has 0 fully saturated rings. The summed E-state index contributed by atoms with van der Waals surface area (Å²) < 4.78 is 0. The molecule has 0 saturated heterocycles. The van der Waals surface area contributed by atoms with Crippen molar-refractivity contribution in [3.05, 3.63) is 28.8 Å². The van der Waals surface area contributed by atoms with Crippen molar-refractivity contribution in [3.8, 4) is 5.75 Å². The quantitative estimate of drug-likeness (QED) is 0.621. The Morgan fingerprint density at radius 1 is 1.42 bits per heavy atom. The molecule has 0 heterocycles. The van der Waals surface area contributed by atoms with Crippen molar-refractivity contribution in [2.24, 2.45) is 5.73 Å². The van der Waals surface area contributed by atoms with Crippen LogP contribution < -0.4 is 16.4 Å². The first-order valence-corrected chi connectivity index (χ1v) is 6.59. The molecule has 5 N–H and O–H groups in total. The number of hydrogen-bond acceptors (Lipinski definition) is 3. The summed E-state index contributed by atoms with van der Waals surface area (Å²) in [6.07, 6.45) is 0.963. The molecule has 2 atom stereocenters. The van der Waals surface area contributed by atoms with Gasteiger partial charge in [-0.3, -0.25) is 0 Å². The molecular formula is C14H21N3O2. The van der Waals surface area contributed by atoms with Crippen LogP contribution in [-0.4, -0.2) is 24.2 Å². The SMILES string of the molecule is Cc1ccc(O)c2c1C(C)CC2NCCNC(N)=O. The Balaban J connectivity index is 2.07. The number of aromatic hydroxyl groups is 1. The van der Waals surface area contributed by atoms with Crippen molar-refractivity contribution < 1.29 is 9.90 Å². The molecule has 2 unspecified atom stereocenters. The number of rotatable bonds is 4. The molecule has 1 aliphatic rings. The summed E-state index contributed by atoms with van der Waals surface area (Å²) in [4.78, 5) is 10.6. The number of amides is 2. The van der Waals surface area contributed by atoms with Crippen LogP contribution in [0.5, 0.6) is 5.75 Å². The van der Waals surface area contributed by atoms with Crippen LogP contribution in [0.4, 0.5) is 4.79 Å². The summed E-state index contributed by atoms with van der Waals surface area (Å²) in [6.45, 7) is 5.37. The number of hydrogen-bond donors (Lipinski definition) is 4. The smallest absolute Gasteiger partial charge is 0.312 e. The molecule has 1 aliphatic carbocycles. The molecule has 0 bridgehead atoms. The van der Waals surface area contributed by atoms with Crippen molar-refractivity contribution in [1.29, 1.82) is 0 Å². The Hall–Kier alpha value is -1.75. The molecule has 0 aliphatic heterocycles. The fourth-order valence-corrected chi connectivity index (χ4v) is 2.96. The lowest BCUT2D eigenvalue weighted by Crippen LogP contribution is -2.36. The molecule has 0 aromatic heterocycles. The number of primary amides is 1. The fourth-order valence-electron chi connectivity index (χ4n) is 2.96. The van der Waals surface area contributed by atoms with E-state index in [9.17, 15) is 9.90 Å². The van der Waals surface area contributed by atoms with E-state index in [0.717, 1.165) is 12.0 Å². The van der Waals surface area contributed by atoms with E-state index in [4.69, 9.17) is 5.73 Å². The zero-order valence-corrected chi connectivity index (χ0v) is 11.4. The molecule has 0 spiro atoms. The molecule has 2 amide bonds. The van der Waals surface area contributed by atoms with Gasteiger partial charge in [0.15, 0.2) is 0 Å². The number of phenols is 1. The second-order valence-electron chi connectivity index (χ2n) is 5.16. The Bertz CT molecular complexity index is 488. The molecule has 0 saturated carbocycles. The lowest BCUT2D eigenvalue weighted by atomic mass is 9.97. The summed E-state index contributed by atoms with van der Waals surface area (Å²) in [7, 11) is 0. The van der Waals surface area contributed by atoms with Gasteiger partial charge in [-0.25, -0.2) is 4.79 Å². The molecule has 19 heavy (non-hydrogen) atoms. The molecule has 5 heteroatoms. The van der Waals surface area contributed by atoms with Gasteiger partial charge in [-0.15, -0.1) is 0 Å². The third-order valence-electron chi connectivity index (χ3n) is 3.73. The van der Waals surface area contributed by atoms with Gasteiger partial charge >= 0.3 is 6.03 Å². The van der Waals surface area contributed by atoms with E-state index >= 15 is 0 Å². The third kappa shape index (κ3) is 2.81. The van der Waals surface area contributed by atoms with Crippen LogP contribution >= 0.6 is 0 Å². The summed E-state index contributed by atoms with van der Waals surface area (Å²) >= 11 is 0. The fraction of sp³-hybridized carbons (Fsp3) is 0.500. The van der Waals surface area contributed by atoms with E-state index in [2.05, 4.69) is 24.5 Å². The van der Waals surface area contributed by atoms with Crippen molar-refractivity contribution in [2.45, 2.75) is 32.2 Å². The Morgan fingerprint density at radius 3 is 2.84 bits per heavy atom. The van der Waals surface area contributed by atoms with Crippen molar-refractivity contribution in [1.82, 2.24) is 10.6 Å². The topological polar surface area (TPSA) is 87.4 Å². The predicted molar refractivity (Wildman–Crippen MR) is 74.2 cm³/mol. The van der Waals surface area contributed by atoms with Crippen molar-refractivity contribution in [2.75, 3.05) is 13.1 Å². The van der Waals surface area contributed by atoms with E-state index < -0.39 is 6.03 Å². The van der Waals surface area contributed by atoms with Gasteiger partial charge in [-0.1, -0.05) is 13.0 Å². The maximum Gasteiger partial charge on any atom is 0.312 e. The molecule has 1 aromatic carbocycles. The van der Waals surface area contributed by atoms with E-state index in [1.165, 1.54) is 11.1 Å². The number of phenolic OH excluding ortho intramolecular Hbond substituents is 1. The van der Waals surface area contributed by atoms with Gasteiger partial charge in [0, 0.05) is 24.7 Å². The van der Waals surface area contributed by atoms with Gasteiger partial charge in [-0.2, -0.15) is 0 Å². The molecule has 5 nitrogen and oxygen atoms in total. The minimum absolute atomic E-state index is 0.138. The van der Waals surface area contributed by atoms with Gasteiger partial charge in [0.25, 0.3) is 0 Å². The van der Waals surface area contributed by atoms with Crippen LogP contribution in [0, 0.1) is 6.92 Å². The second-order valence-corrected chi connectivity index (χ2v) is 5.16. The number of carbonyl (C=O) groups is 1. The van der Waals surface area contributed by atoms with Gasteiger partial charge in [0.05, 0.1) is 0 Å². The molecule has 104 valence electrons. The zero-order valence-electron chi connectivity index (χ0n) is 11.4. The maximum atomic E-state index is 10.6. The highest BCUT2D eigenvalue weighted by Gasteiger charge is 2.31. The number of nitrogens with two attached hydrogens (primary N) is 1. The first kappa shape index (κ1) is 13.7. The number of aryl methyl sites for hydroxylation is 1. The third-order valence-corrected chi connectivity index (χ3v) is 3.73. The van der Waals surface area contributed by atoms with Gasteiger partial charge in [0.1, 0.15) is 5.75 Å². The minimum Gasteiger partial charge on any atom is -0.508 e. The summed E-state index contributed by atoms with van der Waals surface area (Å²) in [5.74, 6) is 0.786. The largest absolute Gasteiger partial charge is 0.508 e. The highest BCUT2D eigenvalue weighted by atomic mass is 16.3. The van der Waals surface area contributed by atoms with Gasteiger partial charge < -0.3 is 21.5 Å².